The summed E-state index contributed by atoms with van der Waals surface area (Å²) >= 11 is 0. The summed E-state index contributed by atoms with van der Waals surface area (Å²) in [6.45, 7) is 0. The van der Waals surface area contributed by atoms with Crippen LogP contribution >= 0.6 is 0 Å². The molecule has 302 valence electrons. The van der Waals surface area contributed by atoms with Crippen LogP contribution in [0.15, 0.2) is 237 Å². The fourth-order valence-corrected chi connectivity index (χ4v) is 10.0. The second kappa shape index (κ2) is 15.9. The molecule has 0 radical (unpaired) electrons. The first-order valence-electron chi connectivity index (χ1n) is 22.3. The van der Waals surface area contributed by atoms with Crippen molar-refractivity contribution >= 4 is 55.6 Å². The molecule has 0 atom stereocenters. The highest BCUT2D eigenvalue weighted by Gasteiger charge is 2.23. The first-order valence-corrected chi connectivity index (χ1v) is 22.3. The van der Waals surface area contributed by atoms with Crippen LogP contribution in [0, 0.1) is 0 Å². The Hall–Kier alpha value is -8.20. The number of aromatic nitrogens is 1. The van der Waals surface area contributed by atoms with Gasteiger partial charge in [0.2, 0.25) is 0 Å². The lowest BCUT2D eigenvalue weighted by Gasteiger charge is -2.30. The minimum atomic E-state index is 1.000. The molecule has 0 amide bonds. The van der Waals surface area contributed by atoms with Crippen LogP contribution in [0.4, 0.5) is 17.1 Å². The lowest BCUT2D eigenvalue weighted by molar-refractivity contribution is 0.888. The summed E-state index contributed by atoms with van der Waals surface area (Å²) in [5, 5.41) is 6.21. The molecule has 0 unspecified atom stereocenters. The molecule has 2 nitrogen and oxygen atoms in total. The normalized spacial score (nSPS) is 12.2. The van der Waals surface area contributed by atoms with Gasteiger partial charge in [0.1, 0.15) is 0 Å². The first-order chi connectivity index (χ1) is 31.7. The van der Waals surface area contributed by atoms with Gasteiger partial charge in [0, 0.05) is 39.3 Å². The van der Waals surface area contributed by atoms with E-state index in [1.807, 2.05) is 0 Å². The predicted octanol–water partition coefficient (Wildman–Crippen LogP) is 17.0. The molecule has 1 heterocycles. The lowest BCUT2D eigenvalue weighted by Crippen LogP contribution is -2.12. The molecule has 11 aromatic rings. The van der Waals surface area contributed by atoms with Crippen LogP contribution < -0.4 is 4.90 Å². The summed E-state index contributed by atoms with van der Waals surface area (Å²) in [6, 6.07) is 84.6. The summed E-state index contributed by atoms with van der Waals surface area (Å²) in [6.07, 6.45) is 6.67. The molecule has 0 saturated carbocycles. The molecule has 0 bridgehead atoms. The maximum atomic E-state index is 2.50. The average molecular weight is 817 g/mol. The molecule has 12 rings (SSSR count). The van der Waals surface area contributed by atoms with Crippen molar-refractivity contribution < 1.29 is 0 Å². The van der Waals surface area contributed by atoms with Gasteiger partial charge in [-0.05, 0) is 122 Å². The fraction of sp³-hybridized carbons (Fsp3) is 0.0323. The van der Waals surface area contributed by atoms with E-state index in [4.69, 9.17) is 0 Å². The van der Waals surface area contributed by atoms with Crippen molar-refractivity contribution in [1.29, 1.82) is 0 Å². The van der Waals surface area contributed by atoms with Crippen molar-refractivity contribution in [1.82, 2.24) is 4.57 Å². The molecule has 1 aliphatic rings. The van der Waals surface area contributed by atoms with Gasteiger partial charge in [-0.3, -0.25) is 0 Å². The van der Waals surface area contributed by atoms with E-state index in [2.05, 4.69) is 252 Å². The second-order valence-corrected chi connectivity index (χ2v) is 16.8. The molecule has 0 saturated heterocycles. The molecule has 0 aliphatic heterocycles. The molecular weight excluding hydrogens is 773 g/mol. The van der Waals surface area contributed by atoms with E-state index < -0.39 is 0 Å². The molecule has 64 heavy (non-hydrogen) atoms. The number of allylic oxidation sites excluding steroid dienone is 1. The van der Waals surface area contributed by atoms with Gasteiger partial charge >= 0.3 is 0 Å². The van der Waals surface area contributed by atoms with Crippen LogP contribution in [0.25, 0.3) is 88.7 Å². The van der Waals surface area contributed by atoms with Crippen molar-refractivity contribution in [2.24, 2.45) is 0 Å². The Labute approximate surface area is 374 Å². The van der Waals surface area contributed by atoms with Crippen LogP contribution in [0.3, 0.4) is 0 Å². The maximum Gasteiger partial charge on any atom is 0.0546 e. The number of rotatable bonds is 8. The van der Waals surface area contributed by atoms with Crippen molar-refractivity contribution in [3.8, 4) is 50.2 Å². The largest absolute Gasteiger partial charge is 0.313 e. The van der Waals surface area contributed by atoms with Gasteiger partial charge in [-0.1, -0.05) is 194 Å². The van der Waals surface area contributed by atoms with E-state index in [9.17, 15) is 0 Å². The molecule has 0 fully saturated rings. The zero-order chi connectivity index (χ0) is 42.4. The Morgan fingerprint density at radius 1 is 0.375 bits per heavy atom. The highest BCUT2D eigenvalue weighted by atomic mass is 15.1. The minimum Gasteiger partial charge on any atom is -0.313 e. The van der Waals surface area contributed by atoms with Gasteiger partial charge in [0.15, 0.2) is 0 Å². The Balaban J connectivity index is 1.09. The first kappa shape index (κ1) is 37.6. The number of anilines is 3. The summed E-state index contributed by atoms with van der Waals surface area (Å²) in [5.41, 5.74) is 17.9. The number of nitrogens with zero attached hydrogens (tertiary/aromatic N) is 2. The smallest absolute Gasteiger partial charge is 0.0546 e. The van der Waals surface area contributed by atoms with Gasteiger partial charge < -0.3 is 9.47 Å². The monoisotopic (exact) mass is 816 g/mol. The van der Waals surface area contributed by atoms with Crippen LogP contribution in [0.5, 0.6) is 0 Å². The van der Waals surface area contributed by atoms with Crippen LogP contribution in [0.1, 0.15) is 17.7 Å². The topological polar surface area (TPSA) is 8.17 Å². The summed E-state index contributed by atoms with van der Waals surface area (Å²) in [7, 11) is 0. The zero-order valence-electron chi connectivity index (χ0n) is 35.4. The highest BCUT2D eigenvalue weighted by Crippen LogP contribution is 2.46. The Kier molecular flexibility index (Phi) is 9.34. The number of hydrogen-bond donors (Lipinski definition) is 0. The predicted molar refractivity (Wildman–Crippen MR) is 272 cm³/mol. The van der Waals surface area contributed by atoms with E-state index in [0.717, 1.165) is 35.6 Å². The van der Waals surface area contributed by atoms with Crippen molar-refractivity contribution in [2.75, 3.05) is 4.90 Å². The van der Waals surface area contributed by atoms with E-state index in [0.29, 0.717) is 0 Å². The zero-order valence-corrected chi connectivity index (χ0v) is 35.4. The highest BCUT2D eigenvalue weighted by molar-refractivity contribution is 6.04. The van der Waals surface area contributed by atoms with E-state index in [-0.39, 0.29) is 0 Å². The molecule has 0 spiro atoms. The third kappa shape index (κ3) is 6.60. The van der Waals surface area contributed by atoms with E-state index in [1.54, 1.807) is 0 Å². The summed E-state index contributed by atoms with van der Waals surface area (Å²) in [4.78, 5) is 2.48. The van der Waals surface area contributed by atoms with Gasteiger partial charge in [0.25, 0.3) is 0 Å². The summed E-state index contributed by atoms with van der Waals surface area (Å²) in [5.74, 6) is 0. The molecular formula is C62H44N2. The van der Waals surface area contributed by atoms with Crippen LogP contribution in [-0.2, 0) is 6.42 Å². The van der Waals surface area contributed by atoms with Crippen molar-refractivity contribution in [2.45, 2.75) is 12.8 Å². The fourth-order valence-electron chi connectivity index (χ4n) is 10.0. The van der Waals surface area contributed by atoms with Gasteiger partial charge in [-0.2, -0.15) is 0 Å². The average Bonchev–Trinajstić information content (AvgIpc) is 3.71. The van der Waals surface area contributed by atoms with Gasteiger partial charge in [0.05, 0.1) is 11.2 Å². The maximum absolute atomic E-state index is 2.50. The number of benzene rings is 10. The second-order valence-electron chi connectivity index (χ2n) is 16.8. The standard InChI is InChI=1S/C62H44N2/c1-2-16-43(17-3-1)47-22-12-23-48(40-47)44-34-37-50(38-35-44)63(51-24-15-25-52(42-51)64-60-32-10-8-28-57(60)58-29-9-11-33-61(58)64)62-41-49(55-30-13-20-45-18-4-6-26-53(45)55)36-39-59(62)56-31-14-21-46-19-5-7-27-54(46)56/h1-10,12-32,34-42H,11,33H2. The van der Waals surface area contributed by atoms with E-state index in [1.165, 1.54) is 88.2 Å². The third-order valence-electron chi connectivity index (χ3n) is 13.0. The molecule has 1 aromatic heterocycles. The Bertz CT molecular complexity index is 3540. The van der Waals surface area contributed by atoms with Crippen molar-refractivity contribution in [3.63, 3.8) is 0 Å². The lowest BCUT2D eigenvalue weighted by atomic mass is 9.92. The third-order valence-corrected chi connectivity index (χ3v) is 13.0. The molecule has 1 aliphatic carbocycles. The number of fused-ring (bicyclic) bond motifs is 5. The quantitative estimate of drug-likeness (QED) is 0.148. The Morgan fingerprint density at radius 3 is 1.75 bits per heavy atom. The van der Waals surface area contributed by atoms with E-state index >= 15 is 0 Å². The van der Waals surface area contributed by atoms with Crippen molar-refractivity contribution in [3.05, 3.63) is 248 Å². The molecule has 2 heteroatoms. The van der Waals surface area contributed by atoms with Gasteiger partial charge in [-0.15, -0.1) is 0 Å². The van der Waals surface area contributed by atoms with Crippen LogP contribution in [0.2, 0.25) is 0 Å². The molecule has 0 N–H and O–H groups in total. The number of para-hydroxylation sites is 1. The minimum absolute atomic E-state index is 1.000. The Morgan fingerprint density at radius 2 is 0.969 bits per heavy atom. The van der Waals surface area contributed by atoms with Gasteiger partial charge in [-0.25, -0.2) is 0 Å². The summed E-state index contributed by atoms with van der Waals surface area (Å²) < 4.78 is 2.50. The van der Waals surface area contributed by atoms with Crippen LogP contribution in [-0.4, -0.2) is 4.57 Å². The number of hydrogen-bond acceptors (Lipinski definition) is 1. The SMILES string of the molecule is C1=Cc2c(n(-c3cccc(N(c4ccc(-c5cccc(-c6ccccc6)c5)cc4)c4cc(-c5cccc6ccccc56)ccc4-c4cccc5ccccc45)c3)c3ccccc23)CC1. The molecule has 10 aromatic carbocycles.